The monoisotopic (exact) mass is 301 g/mol. The fraction of sp³-hybridized carbons (Fsp3) is 0.286. The van der Waals surface area contributed by atoms with Crippen molar-refractivity contribution in [3.8, 4) is 0 Å². The number of rotatable bonds is 5. The smallest absolute Gasteiger partial charge is 0.446 e. The maximum atomic E-state index is 12.2. The third kappa shape index (κ3) is 4.85. The summed E-state index contributed by atoms with van der Waals surface area (Å²) >= 11 is -0.111. The largest absolute Gasteiger partial charge is 0.469 e. The van der Waals surface area contributed by atoms with Crippen LogP contribution in [0.3, 0.4) is 0 Å². The summed E-state index contributed by atoms with van der Waals surface area (Å²) in [7, 11) is 0. The Morgan fingerprint density at radius 2 is 1.90 bits per heavy atom. The second-order valence-electron chi connectivity index (χ2n) is 4.40. The maximum Gasteiger partial charge on any atom is 0.446 e. The lowest BCUT2D eigenvalue weighted by Gasteiger charge is -2.14. The van der Waals surface area contributed by atoms with Gasteiger partial charge in [0.15, 0.2) is 0 Å². The first-order valence-electron chi connectivity index (χ1n) is 6.07. The molecule has 1 aromatic carbocycles. The molecule has 2 nitrogen and oxygen atoms in total. The Hall–Kier alpha value is -1.56. The molecule has 0 aliphatic carbocycles. The van der Waals surface area contributed by atoms with Crippen molar-refractivity contribution in [1.82, 2.24) is 0 Å². The lowest BCUT2D eigenvalue weighted by atomic mass is 10.2. The molecule has 2 rings (SSSR count). The van der Waals surface area contributed by atoms with Crippen LogP contribution in [0.15, 0.2) is 52.0 Å². The average molecular weight is 301 g/mol. The molecule has 0 spiro atoms. The SMILES string of the molecule is CC(Cc1ccco1)Nc1ccc(SC(F)(F)F)cc1. The molecule has 0 saturated carbocycles. The molecule has 1 heterocycles. The number of alkyl halides is 3. The summed E-state index contributed by atoms with van der Waals surface area (Å²) in [6.45, 7) is 1.99. The first-order chi connectivity index (χ1) is 9.42. The Morgan fingerprint density at radius 1 is 1.20 bits per heavy atom. The Labute approximate surface area is 119 Å². The van der Waals surface area contributed by atoms with E-state index in [9.17, 15) is 13.2 Å². The van der Waals surface area contributed by atoms with E-state index in [2.05, 4.69) is 5.32 Å². The van der Waals surface area contributed by atoms with Crippen molar-refractivity contribution in [1.29, 1.82) is 0 Å². The molecule has 0 aliphatic heterocycles. The number of halogens is 3. The quantitative estimate of drug-likeness (QED) is 0.792. The number of anilines is 1. The molecule has 20 heavy (non-hydrogen) atoms. The highest BCUT2D eigenvalue weighted by molar-refractivity contribution is 8.00. The lowest BCUT2D eigenvalue weighted by molar-refractivity contribution is -0.0328. The van der Waals surface area contributed by atoms with E-state index in [4.69, 9.17) is 4.42 Å². The number of furan rings is 1. The molecule has 0 radical (unpaired) electrons. The third-order valence-corrected chi connectivity index (χ3v) is 3.33. The minimum Gasteiger partial charge on any atom is -0.469 e. The minimum absolute atomic E-state index is 0.111. The summed E-state index contributed by atoms with van der Waals surface area (Å²) < 4.78 is 41.8. The Kier molecular flexibility index (Phi) is 4.65. The van der Waals surface area contributed by atoms with Crippen LogP contribution in [0.25, 0.3) is 0 Å². The molecule has 0 saturated heterocycles. The Bertz CT molecular complexity index is 522. The molecular formula is C14H14F3NOS. The van der Waals surface area contributed by atoms with Crippen molar-refractivity contribution in [2.45, 2.75) is 29.8 Å². The number of nitrogens with one attached hydrogen (secondary N) is 1. The summed E-state index contributed by atoms with van der Waals surface area (Å²) in [5.74, 6) is 0.870. The summed E-state index contributed by atoms with van der Waals surface area (Å²) in [6, 6.07) is 10.0. The molecule has 1 atom stereocenters. The third-order valence-electron chi connectivity index (χ3n) is 2.59. The molecule has 1 unspecified atom stereocenters. The lowest BCUT2D eigenvalue weighted by Crippen LogP contribution is -2.17. The Morgan fingerprint density at radius 3 is 2.45 bits per heavy atom. The van der Waals surface area contributed by atoms with Crippen LogP contribution in [0.1, 0.15) is 12.7 Å². The van der Waals surface area contributed by atoms with Crippen molar-refractivity contribution in [2.75, 3.05) is 5.32 Å². The van der Waals surface area contributed by atoms with Gasteiger partial charge in [0, 0.05) is 23.0 Å². The first-order valence-corrected chi connectivity index (χ1v) is 6.89. The molecule has 0 aliphatic rings. The van der Waals surface area contributed by atoms with E-state index in [1.54, 1.807) is 18.4 Å². The topological polar surface area (TPSA) is 25.2 Å². The predicted octanol–water partition coefficient (Wildman–Crippen LogP) is 4.93. The highest BCUT2D eigenvalue weighted by Gasteiger charge is 2.28. The van der Waals surface area contributed by atoms with Crippen molar-refractivity contribution in [3.63, 3.8) is 0 Å². The second kappa shape index (κ2) is 6.26. The van der Waals surface area contributed by atoms with Crippen LogP contribution in [0.4, 0.5) is 18.9 Å². The number of hydrogen-bond donors (Lipinski definition) is 1. The molecule has 0 bridgehead atoms. The minimum atomic E-state index is -4.25. The Balaban J connectivity index is 1.90. The van der Waals surface area contributed by atoms with Gasteiger partial charge in [0.25, 0.3) is 0 Å². The molecule has 6 heteroatoms. The molecule has 0 amide bonds. The van der Waals surface area contributed by atoms with Gasteiger partial charge in [-0.2, -0.15) is 13.2 Å². The molecule has 1 N–H and O–H groups in total. The van der Waals surface area contributed by atoms with E-state index in [-0.39, 0.29) is 22.7 Å². The number of thioether (sulfide) groups is 1. The van der Waals surface area contributed by atoms with E-state index in [0.29, 0.717) is 6.42 Å². The second-order valence-corrected chi connectivity index (χ2v) is 5.54. The fourth-order valence-corrected chi connectivity index (χ4v) is 2.36. The molecule has 108 valence electrons. The number of benzene rings is 1. The van der Waals surface area contributed by atoms with Crippen LogP contribution >= 0.6 is 11.8 Å². The van der Waals surface area contributed by atoms with E-state index in [0.717, 1.165) is 11.4 Å². The highest BCUT2D eigenvalue weighted by Crippen LogP contribution is 2.37. The van der Waals surface area contributed by atoms with Crippen molar-refractivity contribution >= 4 is 17.4 Å². The van der Waals surface area contributed by atoms with Crippen molar-refractivity contribution in [2.24, 2.45) is 0 Å². The fourth-order valence-electron chi connectivity index (χ4n) is 1.82. The predicted molar refractivity (Wildman–Crippen MR) is 73.9 cm³/mol. The summed E-state index contributed by atoms with van der Waals surface area (Å²) in [6.07, 6.45) is 2.33. The van der Waals surface area contributed by atoms with Gasteiger partial charge in [-0.1, -0.05) is 0 Å². The van der Waals surface area contributed by atoms with E-state index in [1.165, 1.54) is 12.1 Å². The van der Waals surface area contributed by atoms with Gasteiger partial charge in [-0.05, 0) is 55.1 Å². The van der Waals surface area contributed by atoms with Gasteiger partial charge >= 0.3 is 5.51 Å². The van der Waals surface area contributed by atoms with Crippen LogP contribution < -0.4 is 5.32 Å². The van der Waals surface area contributed by atoms with Crippen LogP contribution in [-0.4, -0.2) is 11.6 Å². The zero-order valence-electron chi connectivity index (χ0n) is 10.8. The van der Waals surface area contributed by atoms with Crippen molar-refractivity contribution in [3.05, 3.63) is 48.4 Å². The van der Waals surface area contributed by atoms with E-state index in [1.807, 2.05) is 19.1 Å². The van der Waals surface area contributed by atoms with Gasteiger partial charge in [0.05, 0.1) is 6.26 Å². The maximum absolute atomic E-state index is 12.2. The van der Waals surface area contributed by atoms with Gasteiger partial charge in [0.2, 0.25) is 0 Å². The molecule has 0 fully saturated rings. The summed E-state index contributed by atoms with van der Waals surface area (Å²) in [5, 5.41) is 3.22. The van der Waals surface area contributed by atoms with Crippen LogP contribution in [0, 0.1) is 0 Å². The van der Waals surface area contributed by atoms with Gasteiger partial charge in [-0.25, -0.2) is 0 Å². The van der Waals surface area contributed by atoms with E-state index < -0.39 is 5.51 Å². The molecular weight excluding hydrogens is 287 g/mol. The summed E-state index contributed by atoms with van der Waals surface area (Å²) in [5.41, 5.74) is -3.46. The van der Waals surface area contributed by atoms with Gasteiger partial charge in [0.1, 0.15) is 5.76 Å². The molecule has 1 aromatic heterocycles. The standard InChI is InChI=1S/C14H14F3NOS/c1-10(9-12-3-2-8-19-12)18-11-4-6-13(7-5-11)20-14(15,16)17/h2-8,10,18H,9H2,1H3. The van der Waals surface area contributed by atoms with Crippen LogP contribution in [-0.2, 0) is 6.42 Å². The average Bonchev–Trinajstić information content (AvgIpc) is 2.82. The van der Waals surface area contributed by atoms with Gasteiger partial charge in [-0.3, -0.25) is 0 Å². The van der Waals surface area contributed by atoms with Crippen LogP contribution in [0.2, 0.25) is 0 Å². The zero-order valence-corrected chi connectivity index (χ0v) is 11.6. The van der Waals surface area contributed by atoms with Crippen LogP contribution in [0.5, 0.6) is 0 Å². The number of hydrogen-bond acceptors (Lipinski definition) is 3. The zero-order chi connectivity index (χ0) is 14.6. The van der Waals surface area contributed by atoms with Gasteiger partial charge in [-0.15, -0.1) is 0 Å². The van der Waals surface area contributed by atoms with Crippen molar-refractivity contribution < 1.29 is 17.6 Å². The highest BCUT2D eigenvalue weighted by atomic mass is 32.2. The van der Waals surface area contributed by atoms with Gasteiger partial charge < -0.3 is 9.73 Å². The molecule has 2 aromatic rings. The normalized spacial score (nSPS) is 13.2. The summed E-state index contributed by atoms with van der Waals surface area (Å²) in [4.78, 5) is 0.182. The first kappa shape index (κ1) is 14.8. The van der Waals surface area contributed by atoms with E-state index >= 15 is 0 Å².